The smallest absolute Gasteiger partial charge is 0.124 e. The summed E-state index contributed by atoms with van der Waals surface area (Å²) < 4.78 is 11.6. The number of aromatic amines is 1. The lowest BCUT2D eigenvalue weighted by Gasteiger charge is -2.22. The van der Waals surface area contributed by atoms with Gasteiger partial charge in [-0.05, 0) is 69.3 Å². The van der Waals surface area contributed by atoms with Gasteiger partial charge in [0.2, 0.25) is 0 Å². The lowest BCUT2D eigenvalue weighted by molar-refractivity contribution is 0.0775. The Morgan fingerprint density at radius 1 is 1.27 bits per heavy atom. The summed E-state index contributed by atoms with van der Waals surface area (Å²) in [6.07, 6.45) is 9.00. The van der Waals surface area contributed by atoms with Crippen LogP contribution in [0.5, 0.6) is 5.75 Å². The maximum absolute atomic E-state index is 6.34. The Balaban J connectivity index is 1.44. The molecule has 0 bridgehead atoms. The monoisotopic (exact) mass is 539 g/mol. The van der Waals surface area contributed by atoms with E-state index in [0.29, 0.717) is 27.4 Å². The average Bonchev–Trinajstić information content (AvgIpc) is 3.29. The molecule has 0 spiro atoms. The van der Waals surface area contributed by atoms with E-state index in [9.17, 15) is 0 Å². The molecule has 3 aromatic rings. The molecule has 1 saturated heterocycles. The number of fused-ring (bicyclic) bond motifs is 1. The molecule has 1 aliphatic heterocycles. The van der Waals surface area contributed by atoms with E-state index in [1.54, 1.807) is 6.92 Å². The minimum atomic E-state index is -0.392. The molecule has 1 aromatic carbocycles. The highest BCUT2D eigenvalue weighted by Crippen LogP contribution is 2.30. The van der Waals surface area contributed by atoms with Crippen LogP contribution in [0, 0.1) is 0 Å². The van der Waals surface area contributed by atoms with E-state index in [1.807, 2.05) is 49.5 Å². The molecule has 37 heavy (non-hydrogen) atoms. The molecule has 0 saturated carbocycles. The van der Waals surface area contributed by atoms with Gasteiger partial charge in [0.25, 0.3) is 0 Å². The Labute approximate surface area is 227 Å². The van der Waals surface area contributed by atoms with Gasteiger partial charge in [-0.3, -0.25) is 15.1 Å². The minimum absolute atomic E-state index is 0.391. The van der Waals surface area contributed by atoms with Crippen LogP contribution in [0.15, 0.2) is 63.4 Å². The molecule has 1 aliphatic rings. The van der Waals surface area contributed by atoms with E-state index in [0.717, 1.165) is 60.5 Å². The molecule has 7 nitrogen and oxygen atoms in total. The average molecular weight is 540 g/mol. The first-order valence-corrected chi connectivity index (χ1v) is 13.0. The number of benzene rings is 1. The lowest BCUT2D eigenvalue weighted by atomic mass is 10.1. The van der Waals surface area contributed by atoms with Gasteiger partial charge in [0.1, 0.15) is 11.9 Å². The number of H-pyrrole nitrogens is 1. The Morgan fingerprint density at radius 3 is 2.78 bits per heavy atom. The predicted molar refractivity (Wildman–Crippen MR) is 152 cm³/mol. The molecule has 2 aromatic heterocycles. The maximum Gasteiger partial charge on any atom is 0.124 e. The van der Waals surface area contributed by atoms with Crippen LogP contribution < -0.4 is 10.1 Å². The van der Waals surface area contributed by atoms with Crippen molar-refractivity contribution in [2.75, 3.05) is 13.2 Å². The van der Waals surface area contributed by atoms with Crippen LogP contribution in [-0.2, 0) is 11.3 Å². The van der Waals surface area contributed by atoms with Crippen molar-refractivity contribution in [2.45, 2.75) is 45.4 Å². The number of aliphatic imine (C=N–C) groups is 1. The molecule has 0 aliphatic carbocycles. The van der Waals surface area contributed by atoms with Crippen molar-refractivity contribution in [2.24, 2.45) is 4.99 Å². The molecular weight excluding hydrogens is 509 g/mol. The van der Waals surface area contributed by atoms with Crippen LogP contribution >= 0.6 is 23.2 Å². The van der Waals surface area contributed by atoms with E-state index in [1.165, 1.54) is 6.20 Å². The summed E-state index contributed by atoms with van der Waals surface area (Å²) in [6, 6.07) is 10.4. The number of hydrogen-bond donors (Lipinski definition) is 2. The molecule has 0 unspecified atom stereocenters. The molecule has 2 N–H and O–H groups in total. The summed E-state index contributed by atoms with van der Waals surface area (Å²) in [6.45, 7) is 9.51. The fraction of sp³-hybridized carbons (Fsp3) is 0.321. The van der Waals surface area contributed by atoms with Crippen LogP contribution in [0.25, 0.3) is 23.1 Å². The number of allylic oxidation sites excluding steroid dienone is 1. The van der Waals surface area contributed by atoms with Gasteiger partial charge >= 0.3 is 0 Å². The molecule has 1 fully saturated rings. The van der Waals surface area contributed by atoms with E-state index in [2.05, 4.69) is 38.3 Å². The van der Waals surface area contributed by atoms with Gasteiger partial charge < -0.3 is 14.8 Å². The van der Waals surface area contributed by atoms with Crippen molar-refractivity contribution in [3.63, 3.8) is 0 Å². The van der Waals surface area contributed by atoms with E-state index in [-0.39, 0.29) is 0 Å². The number of aromatic nitrogens is 3. The quantitative estimate of drug-likeness (QED) is 0.228. The highest BCUT2D eigenvalue weighted by Gasteiger charge is 2.18. The van der Waals surface area contributed by atoms with Crippen molar-refractivity contribution in [1.29, 1.82) is 0 Å². The number of halogens is 2. The normalized spacial score (nSPS) is 16.7. The summed E-state index contributed by atoms with van der Waals surface area (Å²) in [5.41, 5.74) is 4.38. The number of nitrogens with one attached hydrogen (secondary N) is 2. The van der Waals surface area contributed by atoms with Gasteiger partial charge in [0, 0.05) is 54.2 Å². The predicted octanol–water partition coefficient (Wildman–Crippen LogP) is 6.46. The molecule has 1 atom stereocenters. The zero-order valence-corrected chi connectivity index (χ0v) is 22.5. The fourth-order valence-electron chi connectivity index (χ4n) is 4.23. The Hall–Kier alpha value is -2.97. The third-order valence-electron chi connectivity index (χ3n) is 6.19. The fourth-order valence-corrected chi connectivity index (χ4v) is 4.90. The lowest BCUT2D eigenvalue weighted by Crippen LogP contribution is -2.34. The standard InChI is InChI=1S/C28H31Cl2N5O2/c1-18(29)28(25(30)17-31-3)19(2)37-23-7-9-27-24(14-23)26(34-35-27)8-5-20-4-6-22(32-15-20)16-33-21-10-12-36-13-11-21/h4-9,14-15,17,19,21,33H,3,10-13,16H2,1-2H3,(H,34,35)/b8-5+,25-17+,28-18+/t19-/m1/s1. The SMILES string of the molecule is C=N/C=C(Cl)\C(=C(/C)Cl)[C@@H](C)Oc1ccc2[nH]nc(/C=C/c3ccc(CNC4CCOCC4)nc3)c2c1. The first kappa shape index (κ1) is 27.1. The van der Waals surface area contributed by atoms with E-state index < -0.39 is 6.10 Å². The third-order valence-corrected chi connectivity index (χ3v) is 6.70. The van der Waals surface area contributed by atoms with E-state index >= 15 is 0 Å². The Kier molecular flexibility index (Phi) is 9.52. The number of rotatable bonds is 10. The molecule has 9 heteroatoms. The highest BCUT2D eigenvalue weighted by atomic mass is 35.5. The van der Waals surface area contributed by atoms with Crippen LogP contribution in [0.4, 0.5) is 0 Å². The van der Waals surface area contributed by atoms with Gasteiger partial charge in [-0.15, -0.1) is 0 Å². The van der Waals surface area contributed by atoms with Crippen molar-refractivity contribution in [1.82, 2.24) is 20.5 Å². The molecule has 0 radical (unpaired) electrons. The number of hydrogen-bond acceptors (Lipinski definition) is 6. The zero-order valence-electron chi connectivity index (χ0n) is 21.0. The van der Waals surface area contributed by atoms with Crippen LogP contribution in [0.1, 0.15) is 43.6 Å². The molecule has 0 amide bonds. The van der Waals surface area contributed by atoms with Crippen LogP contribution in [0.2, 0.25) is 0 Å². The van der Waals surface area contributed by atoms with Gasteiger partial charge in [-0.2, -0.15) is 5.10 Å². The molecule has 3 heterocycles. The zero-order chi connectivity index (χ0) is 26.2. The summed E-state index contributed by atoms with van der Waals surface area (Å²) in [5.74, 6) is 0.672. The second-order valence-corrected chi connectivity index (χ2v) is 9.84. The second-order valence-electron chi connectivity index (χ2n) is 8.87. The Morgan fingerprint density at radius 2 is 2.08 bits per heavy atom. The third kappa shape index (κ3) is 7.29. The van der Waals surface area contributed by atoms with Gasteiger partial charge in [0.05, 0.1) is 21.9 Å². The van der Waals surface area contributed by atoms with Gasteiger partial charge in [-0.25, -0.2) is 0 Å². The van der Waals surface area contributed by atoms with Crippen LogP contribution in [-0.4, -0.2) is 47.3 Å². The van der Waals surface area contributed by atoms with Crippen LogP contribution in [0.3, 0.4) is 0 Å². The highest BCUT2D eigenvalue weighted by molar-refractivity contribution is 6.35. The molecule has 4 rings (SSSR count). The second kappa shape index (κ2) is 13.0. The number of nitrogens with zero attached hydrogens (tertiary/aromatic N) is 3. The topological polar surface area (TPSA) is 84.4 Å². The van der Waals surface area contributed by atoms with Crippen molar-refractivity contribution >= 4 is 53.0 Å². The van der Waals surface area contributed by atoms with Gasteiger partial charge in [-0.1, -0.05) is 35.3 Å². The Bertz CT molecular complexity index is 1300. The first-order chi connectivity index (χ1) is 17.9. The van der Waals surface area contributed by atoms with Crippen molar-refractivity contribution in [3.05, 3.63) is 75.3 Å². The summed E-state index contributed by atoms with van der Waals surface area (Å²) >= 11 is 12.6. The number of pyridine rings is 1. The summed E-state index contributed by atoms with van der Waals surface area (Å²) in [5, 5.41) is 12.9. The largest absolute Gasteiger partial charge is 0.486 e. The maximum atomic E-state index is 6.34. The van der Waals surface area contributed by atoms with Crippen molar-refractivity contribution < 1.29 is 9.47 Å². The van der Waals surface area contributed by atoms with Gasteiger partial charge in [0.15, 0.2) is 0 Å². The molecular formula is C28H31Cl2N5O2. The first-order valence-electron chi connectivity index (χ1n) is 12.2. The number of ether oxygens (including phenoxy) is 2. The summed E-state index contributed by atoms with van der Waals surface area (Å²) in [4.78, 5) is 8.32. The van der Waals surface area contributed by atoms with Crippen molar-refractivity contribution in [3.8, 4) is 5.75 Å². The summed E-state index contributed by atoms with van der Waals surface area (Å²) in [7, 11) is 0. The van der Waals surface area contributed by atoms with E-state index in [4.69, 9.17) is 32.7 Å². The molecule has 194 valence electrons. The minimum Gasteiger partial charge on any atom is -0.486 e.